The molecule has 3 rings (SSSR count). The molecular weight excluding hydrogens is 322 g/mol. The molecule has 0 bridgehead atoms. The van der Waals surface area contributed by atoms with Gasteiger partial charge in [0.05, 0.1) is 0 Å². The lowest BCUT2D eigenvalue weighted by molar-refractivity contribution is -0.123. The van der Waals surface area contributed by atoms with Crippen LogP contribution in [0, 0.1) is 23.0 Å². The Bertz CT molecular complexity index is 576. The van der Waals surface area contributed by atoms with Gasteiger partial charge in [0, 0.05) is 18.5 Å². The summed E-state index contributed by atoms with van der Waals surface area (Å²) in [6.45, 7) is 4.83. The maximum Gasteiger partial charge on any atom is 0.223 e. The van der Waals surface area contributed by atoms with Gasteiger partial charge in [-0.3, -0.25) is 4.79 Å². The second-order valence-corrected chi connectivity index (χ2v) is 6.89. The number of benzene rings is 1. The van der Waals surface area contributed by atoms with Crippen LogP contribution in [0.25, 0.3) is 0 Å². The summed E-state index contributed by atoms with van der Waals surface area (Å²) in [6, 6.07) is 3.59. The highest BCUT2D eigenvalue weighted by molar-refractivity contribution is 5.85. The van der Waals surface area contributed by atoms with E-state index in [0.29, 0.717) is 18.5 Å². The highest BCUT2D eigenvalue weighted by Crippen LogP contribution is 2.48. The smallest absolute Gasteiger partial charge is 0.223 e. The molecule has 2 N–H and O–H groups in total. The van der Waals surface area contributed by atoms with E-state index in [4.69, 9.17) is 0 Å². The standard InChI is InChI=1S/C17H22F2N2O.ClH/c1-17(4-6-20-7-5-17)10-21-16(22)14-9-13(14)12-3-2-11(18)8-15(12)19;/h2-3,8,13-14,20H,4-7,9-10H2,1H3,(H,21,22);1H. The highest BCUT2D eigenvalue weighted by atomic mass is 35.5. The van der Waals surface area contributed by atoms with Crippen LogP contribution in [-0.4, -0.2) is 25.5 Å². The molecule has 6 heteroatoms. The van der Waals surface area contributed by atoms with Gasteiger partial charge in [-0.05, 0) is 55.3 Å². The third-order valence-electron chi connectivity index (χ3n) is 4.99. The molecule has 2 unspecified atom stereocenters. The van der Waals surface area contributed by atoms with Gasteiger partial charge in [-0.2, -0.15) is 0 Å². The molecule has 2 aliphatic rings. The lowest BCUT2D eigenvalue weighted by Gasteiger charge is -2.34. The molecule has 0 radical (unpaired) electrons. The Kier molecular flexibility index (Phi) is 5.63. The van der Waals surface area contributed by atoms with Crippen LogP contribution < -0.4 is 10.6 Å². The highest BCUT2D eigenvalue weighted by Gasteiger charge is 2.45. The van der Waals surface area contributed by atoms with E-state index in [1.54, 1.807) is 0 Å². The van der Waals surface area contributed by atoms with Crippen molar-refractivity contribution >= 4 is 18.3 Å². The van der Waals surface area contributed by atoms with Crippen molar-refractivity contribution in [3.05, 3.63) is 35.4 Å². The molecule has 1 aliphatic carbocycles. The van der Waals surface area contributed by atoms with Crippen molar-refractivity contribution in [3.63, 3.8) is 0 Å². The SMILES string of the molecule is CC1(CNC(=O)C2CC2c2ccc(F)cc2F)CCNCC1.Cl. The van der Waals surface area contributed by atoms with E-state index in [2.05, 4.69) is 17.6 Å². The normalized spacial score (nSPS) is 25.3. The van der Waals surface area contributed by atoms with E-state index in [-0.39, 0.29) is 35.6 Å². The summed E-state index contributed by atoms with van der Waals surface area (Å²) in [4.78, 5) is 12.2. The van der Waals surface area contributed by atoms with Crippen LogP contribution in [0.15, 0.2) is 18.2 Å². The van der Waals surface area contributed by atoms with Gasteiger partial charge in [0.1, 0.15) is 11.6 Å². The third-order valence-corrected chi connectivity index (χ3v) is 4.99. The predicted octanol–water partition coefficient (Wildman–Crippen LogP) is 3.00. The van der Waals surface area contributed by atoms with Crippen LogP contribution in [0.5, 0.6) is 0 Å². The lowest BCUT2D eigenvalue weighted by Crippen LogP contribution is -2.43. The average Bonchev–Trinajstić information content (AvgIpc) is 3.26. The minimum absolute atomic E-state index is 0. The van der Waals surface area contributed by atoms with E-state index >= 15 is 0 Å². The molecule has 0 aromatic heterocycles. The second-order valence-electron chi connectivity index (χ2n) is 6.89. The fraction of sp³-hybridized carbons (Fsp3) is 0.588. The first-order chi connectivity index (χ1) is 10.5. The average molecular weight is 345 g/mol. The summed E-state index contributed by atoms with van der Waals surface area (Å²) < 4.78 is 26.7. The fourth-order valence-electron chi connectivity index (χ4n) is 3.27. The van der Waals surface area contributed by atoms with E-state index in [0.717, 1.165) is 32.0 Å². The van der Waals surface area contributed by atoms with E-state index in [9.17, 15) is 13.6 Å². The zero-order valence-electron chi connectivity index (χ0n) is 13.2. The minimum Gasteiger partial charge on any atom is -0.355 e. The maximum absolute atomic E-state index is 13.7. The minimum atomic E-state index is -0.582. The van der Waals surface area contributed by atoms with Crippen molar-refractivity contribution in [3.8, 4) is 0 Å². The van der Waals surface area contributed by atoms with Crippen LogP contribution in [-0.2, 0) is 4.79 Å². The van der Waals surface area contributed by atoms with Gasteiger partial charge in [-0.25, -0.2) is 8.78 Å². The zero-order valence-corrected chi connectivity index (χ0v) is 14.0. The maximum atomic E-state index is 13.7. The summed E-state index contributed by atoms with van der Waals surface area (Å²) >= 11 is 0. The van der Waals surface area contributed by atoms with Crippen molar-refractivity contribution < 1.29 is 13.6 Å². The van der Waals surface area contributed by atoms with Gasteiger partial charge in [-0.1, -0.05) is 13.0 Å². The molecule has 1 heterocycles. The summed E-state index contributed by atoms with van der Waals surface area (Å²) in [5.74, 6) is -1.42. The van der Waals surface area contributed by atoms with Gasteiger partial charge < -0.3 is 10.6 Å². The number of carbonyl (C=O) groups is 1. The summed E-state index contributed by atoms with van der Waals surface area (Å²) in [6.07, 6.45) is 2.74. The predicted molar refractivity (Wildman–Crippen MR) is 87.7 cm³/mol. The van der Waals surface area contributed by atoms with Gasteiger partial charge in [-0.15, -0.1) is 12.4 Å². The molecule has 3 nitrogen and oxygen atoms in total. The van der Waals surface area contributed by atoms with Crippen LogP contribution in [0.1, 0.15) is 37.7 Å². The number of nitrogens with one attached hydrogen (secondary N) is 2. The molecule has 128 valence electrons. The fourth-order valence-corrected chi connectivity index (χ4v) is 3.27. The first kappa shape index (κ1) is 18.1. The molecular formula is C17H23ClF2N2O. The largest absolute Gasteiger partial charge is 0.355 e. The quantitative estimate of drug-likeness (QED) is 0.881. The van der Waals surface area contributed by atoms with Crippen LogP contribution in [0.3, 0.4) is 0 Å². The number of hydrogen-bond donors (Lipinski definition) is 2. The van der Waals surface area contributed by atoms with Crippen LogP contribution in [0.4, 0.5) is 8.78 Å². The van der Waals surface area contributed by atoms with E-state index in [1.807, 2.05) is 0 Å². The number of hydrogen-bond acceptors (Lipinski definition) is 2. The first-order valence-electron chi connectivity index (χ1n) is 7.92. The van der Waals surface area contributed by atoms with Crippen molar-refractivity contribution in [1.82, 2.24) is 10.6 Å². The molecule has 1 amide bonds. The summed E-state index contributed by atoms with van der Waals surface area (Å²) in [7, 11) is 0. The van der Waals surface area contributed by atoms with Crippen LogP contribution in [0.2, 0.25) is 0 Å². The number of piperidine rings is 1. The van der Waals surface area contributed by atoms with Gasteiger partial charge in [0.25, 0.3) is 0 Å². The Balaban J connectivity index is 0.00000192. The Morgan fingerprint density at radius 2 is 2.04 bits per heavy atom. The number of halogens is 3. The van der Waals surface area contributed by atoms with Gasteiger partial charge in [0.2, 0.25) is 5.91 Å². The molecule has 1 aliphatic heterocycles. The molecule has 0 spiro atoms. The van der Waals surface area contributed by atoms with Crippen LogP contribution >= 0.6 is 12.4 Å². The summed E-state index contributed by atoms with van der Waals surface area (Å²) in [5.41, 5.74) is 0.599. The molecule has 1 aromatic carbocycles. The summed E-state index contributed by atoms with van der Waals surface area (Å²) in [5, 5.41) is 6.34. The third kappa shape index (κ3) is 4.21. The zero-order chi connectivity index (χ0) is 15.7. The molecule has 2 atom stereocenters. The Morgan fingerprint density at radius 1 is 1.35 bits per heavy atom. The Morgan fingerprint density at radius 3 is 2.70 bits per heavy atom. The monoisotopic (exact) mass is 344 g/mol. The van der Waals surface area contributed by atoms with Crippen molar-refractivity contribution in [1.29, 1.82) is 0 Å². The number of carbonyl (C=O) groups excluding carboxylic acids is 1. The number of amides is 1. The molecule has 23 heavy (non-hydrogen) atoms. The van der Waals surface area contributed by atoms with E-state index < -0.39 is 11.6 Å². The lowest BCUT2D eigenvalue weighted by atomic mass is 9.81. The molecule has 2 fully saturated rings. The van der Waals surface area contributed by atoms with Crippen molar-refractivity contribution in [2.45, 2.75) is 32.1 Å². The van der Waals surface area contributed by atoms with Gasteiger partial charge in [0.15, 0.2) is 0 Å². The number of rotatable bonds is 4. The molecule has 1 saturated heterocycles. The first-order valence-corrected chi connectivity index (χ1v) is 7.92. The van der Waals surface area contributed by atoms with E-state index in [1.165, 1.54) is 12.1 Å². The Hall–Kier alpha value is -1.20. The van der Waals surface area contributed by atoms with Crippen molar-refractivity contribution in [2.75, 3.05) is 19.6 Å². The molecule has 1 aromatic rings. The Labute approximate surface area is 141 Å². The van der Waals surface area contributed by atoms with Crippen molar-refractivity contribution in [2.24, 2.45) is 11.3 Å². The topological polar surface area (TPSA) is 41.1 Å². The molecule has 1 saturated carbocycles. The van der Waals surface area contributed by atoms with Gasteiger partial charge >= 0.3 is 0 Å². The second kappa shape index (κ2) is 7.14.